The molecular weight excluding hydrogens is 817 g/mol. The first kappa shape index (κ1) is 41.6. The third-order valence-corrected chi connectivity index (χ3v) is 13.0. The number of nitrogens with one attached hydrogen (secondary N) is 3. The summed E-state index contributed by atoms with van der Waals surface area (Å²) in [5, 5.41) is 6.36. The van der Waals surface area contributed by atoms with Gasteiger partial charge in [0.1, 0.15) is 11.3 Å². The summed E-state index contributed by atoms with van der Waals surface area (Å²) in [6, 6.07) is 38.4. The summed E-state index contributed by atoms with van der Waals surface area (Å²) in [7, 11) is -4.08. The first-order valence-electron chi connectivity index (χ1n) is 21.2. The summed E-state index contributed by atoms with van der Waals surface area (Å²) in [5.41, 5.74) is 7.58. The number of nitrogens with zero attached hydrogens (tertiary/aromatic N) is 3. The molecule has 0 bridgehead atoms. The third kappa shape index (κ3) is 9.68. The van der Waals surface area contributed by atoms with E-state index in [1.807, 2.05) is 73.7 Å². The number of anilines is 3. The third-order valence-electron chi connectivity index (χ3n) is 11.7. The molecule has 0 radical (unpaired) electrons. The minimum absolute atomic E-state index is 0.0375. The van der Waals surface area contributed by atoms with Crippen molar-refractivity contribution in [2.24, 2.45) is 5.92 Å². The average Bonchev–Trinajstić information content (AvgIpc) is 3.98. The number of amides is 2. The zero-order chi connectivity index (χ0) is 43.3. The Bertz CT molecular complexity index is 2840. The second kappa shape index (κ2) is 18.3. The Labute approximate surface area is 366 Å². The summed E-state index contributed by atoms with van der Waals surface area (Å²) in [5.74, 6) is 0.775. The number of furan rings is 1. The van der Waals surface area contributed by atoms with Crippen LogP contribution in [-0.4, -0.2) is 76.1 Å². The predicted molar refractivity (Wildman–Crippen MR) is 243 cm³/mol. The first-order valence-corrected chi connectivity index (χ1v) is 22.7. The van der Waals surface area contributed by atoms with Crippen LogP contribution >= 0.6 is 0 Å². The molecule has 0 aliphatic carbocycles. The molecule has 4 heterocycles. The maximum absolute atomic E-state index is 13.3. The van der Waals surface area contributed by atoms with Crippen molar-refractivity contribution in [3.05, 3.63) is 150 Å². The fraction of sp³-hybridized carbons (Fsp3) is 0.245. The Morgan fingerprint density at radius 3 is 2.32 bits per heavy atom. The minimum Gasteiger partial charge on any atom is -0.451 e. The van der Waals surface area contributed by atoms with Gasteiger partial charge in [0, 0.05) is 86.2 Å². The van der Waals surface area contributed by atoms with E-state index in [1.54, 1.807) is 48.5 Å². The van der Waals surface area contributed by atoms with Gasteiger partial charge in [-0.3, -0.25) is 14.5 Å². The molecule has 2 saturated heterocycles. The number of sulfonamides is 1. The summed E-state index contributed by atoms with van der Waals surface area (Å²) < 4.78 is 46.2. The van der Waals surface area contributed by atoms with Crippen LogP contribution in [0.5, 0.6) is 0 Å². The van der Waals surface area contributed by atoms with Gasteiger partial charge in [0.25, 0.3) is 21.8 Å². The van der Waals surface area contributed by atoms with Gasteiger partial charge in [-0.1, -0.05) is 42.5 Å². The lowest BCUT2D eigenvalue weighted by Crippen LogP contribution is -2.46. The van der Waals surface area contributed by atoms with Crippen molar-refractivity contribution < 1.29 is 31.6 Å². The molecule has 13 nitrogen and oxygen atoms in total. The molecule has 3 N–H and O–H groups in total. The number of piperazine rings is 1. The zero-order valence-corrected chi connectivity index (χ0v) is 35.7. The fourth-order valence-electron chi connectivity index (χ4n) is 8.08. The standard InChI is InChI=1S/C49H48N6O7S/c1-33-29-40(16-17-42(33)50-31-34-21-27-60-28-22-34)63(58,59)53-47(56)35-11-14-39(15-12-35)55-25-23-54(24-26-55)32-37-9-5-6-10-41(37)44-19-20-46(61-44)48(57)51-38-13-18-45-43(30-38)52-49(62-45)36-7-3-2-4-8-36/h2-20,29-30,34,50H,21-28,31-32H2,1H3,(H,51,57)(H,53,56). The minimum atomic E-state index is -4.08. The van der Waals surface area contributed by atoms with Gasteiger partial charge in [0.05, 0.1) is 4.90 Å². The van der Waals surface area contributed by atoms with Crippen molar-refractivity contribution in [3.8, 4) is 22.8 Å². The highest BCUT2D eigenvalue weighted by Crippen LogP contribution is 2.30. The van der Waals surface area contributed by atoms with Crippen LogP contribution in [0.3, 0.4) is 0 Å². The second-order valence-electron chi connectivity index (χ2n) is 16.0. The van der Waals surface area contributed by atoms with Gasteiger partial charge in [-0.05, 0) is 122 Å². The molecule has 2 aliphatic heterocycles. The van der Waals surface area contributed by atoms with E-state index in [1.165, 1.54) is 6.07 Å². The van der Waals surface area contributed by atoms with E-state index >= 15 is 0 Å². The van der Waals surface area contributed by atoms with E-state index in [0.29, 0.717) is 40.9 Å². The van der Waals surface area contributed by atoms with Crippen LogP contribution in [-0.2, 0) is 21.3 Å². The monoisotopic (exact) mass is 864 g/mol. The molecule has 2 amide bonds. The highest BCUT2D eigenvalue weighted by Gasteiger charge is 2.23. The number of oxazole rings is 1. The smallest absolute Gasteiger partial charge is 0.291 e. The number of aromatic nitrogens is 1. The van der Waals surface area contributed by atoms with Gasteiger partial charge in [-0.25, -0.2) is 18.1 Å². The quantitative estimate of drug-likeness (QED) is 0.102. The molecule has 63 heavy (non-hydrogen) atoms. The van der Waals surface area contributed by atoms with Gasteiger partial charge >= 0.3 is 0 Å². The van der Waals surface area contributed by atoms with E-state index in [-0.39, 0.29) is 22.1 Å². The molecule has 0 unspecified atom stereocenters. The Morgan fingerprint density at radius 1 is 0.778 bits per heavy atom. The average molecular weight is 865 g/mol. The van der Waals surface area contributed by atoms with E-state index in [2.05, 4.69) is 36.2 Å². The summed E-state index contributed by atoms with van der Waals surface area (Å²) in [4.78, 5) is 35.7. The highest BCUT2D eigenvalue weighted by molar-refractivity contribution is 7.90. The number of hydrogen-bond donors (Lipinski definition) is 3. The zero-order valence-electron chi connectivity index (χ0n) is 34.9. The number of rotatable bonds is 13. The van der Waals surface area contributed by atoms with Crippen LogP contribution in [0.4, 0.5) is 17.1 Å². The Balaban J connectivity index is 0.770. The topological polar surface area (TPSA) is 159 Å². The Hall–Kier alpha value is -6.74. The first-order chi connectivity index (χ1) is 30.6. The molecule has 2 fully saturated rings. The van der Waals surface area contributed by atoms with E-state index in [4.69, 9.17) is 13.6 Å². The SMILES string of the molecule is Cc1cc(S(=O)(=O)NC(=O)c2ccc(N3CCN(Cc4ccccc4-c4ccc(C(=O)Nc5ccc6oc(-c7ccccc7)nc6c5)o4)CC3)cc2)ccc1NCC1CCOCC1. The van der Waals surface area contributed by atoms with E-state index in [0.717, 1.165) is 92.4 Å². The highest BCUT2D eigenvalue weighted by atomic mass is 32.2. The molecule has 0 saturated carbocycles. The van der Waals surface area contributed by atoms with Crippen molar-refractivity contribution in [1.29, 1.82) is 0 Å². The number of hydrogen-bond acceptors (Lipinski definition) is 11. The lowest BCUT2D eigenvalue weighted by Gasteiger charge is -2.36. The van der Waals surface area contributed by atoms with Crippen LogP contribution in [0.1, 0.15) is 44.9 Å². The maximum Gasteiger partial charge on any atom is 0.291 e. The maximum atomic E-state index is 13.3. The Kier molecular flexibility index (Phi) is 12.1. The molecule has 0 spiro atoms. The predicted octanol–water partition coefficient (Wildman–Crippen LogP) is 8.59. The molecule has 7 aromatic rings. The van der Waals surface area contributed by atoms with Crippen LogP contribution in [0.15, 0.2) is 141 Å². The molecule has 9 rings (SSSR count). The summed E-state index contributed by atoms with van der Waals surface area (Å²) in [6.07, 6.45) is 2.00. The molecule has 322 valence electrons. The van der Waals surface area contributed by atoms with Crippen molar-refractivity contribution in [3.63, 3.8) is 0 Å². The lowest BCUT2D eigenvalue weighted by atomic mass is 10.0. The molecule has 0 atom stereocenters. The van der Waals surface area contributed by atoms with E-state index in [9.17, 15) is 18.0 Å². The van der Waals surface area contributed by atoms with Crippen molar-refractivity contribution in [2.45, 2.75) is 31.2 Å². The van der Waals surface area contributed by atoms with Crippen molar-refractivity contribution >= 4 is 50.0 Å². The number of fused-ring (bicyclic) bond motifs is 1. The fourth-order valence-corrected chi connectivity index (χ4v) is 9.14. The molecule has 5 aromatic carbocycles. The lowest BCUT2D eigenvalue weighted by molar-refractivity contribution is 0.0699. The molecule has 14 heteroatoms. The van der Waals surface area contributed by atoms with Crippen LogP contribution in [0, 0.1) is 12.8 Å². The molecule has 2 aliphatic rings. The number of carbonyl (C=O) groups excluding carboxylic acids is 2. The van der Waals surface area contributed by atoms with E-state index < -0.39 is 15.9 Å². The van der Waals surface area contributed by atoms with Gasteiger partial charge in [0.2, 0.25) is 5.89 Å². The summed E-state index contributed by atoms with van der Waals surface area (Å²) >= 11 is 0. The van der Waals surface area contributed by atoms with Gasteiger partial charge in [-0.15, -0.1) is 0 Å². The van der Waals surface area contributed by atoms with Gasteiger partial charge < -0.3 is 29.1 Å². The van der Waals surface area contributed by atoms with Gasteiger partial charge in [0.15, 0.2) is 11.3 Å². The number of carbonyl (C=O) groups is 2. The largest absolute Gasteiger partial charge is 0.451 e. The number of benzene rings is 5. The van der Waals surface area contributed by atoms with Crippen LogP contribution in [0.2, 0.25) is 0 Å². The number of ether oxygens (including phenoxy) is 1. The molecular formula is C49H48N6O7S. The summed E-state index contributed by atoms with van der Waals surface area (Å²) in [6.45, 7) is 8.01. The normalized spacial score (nSPS) is 15.0. The second-order valence-corrected chi connectivity index (χ2v) is 17.7. The number of aryl methyl sites for hydroxylation is 1. The Morgan fingerprint density at radius 2 is 1.54 bits per heavy atom. The van der Waals surface area contributed by atoms with Crippen LogP contribution < -0.4 is 20.3 Å². The van der Waals surface area contributed by atoms with Crippen molar-refractivity contribution in [1.82, 2.24) is 14.6 Å². The van der Waals surface area contributed by atoms with Crippen molar-refractivity contribution in [2.75, 3.05) is 61.5 Å². The van der Waals surface area contributed by atoms with Crippen LogP contribution in [0.25, 0.3) is 33.9 Å². The molecule has 2 aromatic heterocycles. The van der Waals surface area contributed by atoms with Gasteiger partial charge in [-0.2, -0.15) is 0 Å².